The summed E-state index contributed by atoms with van der Waals surface area (Å²) in [4.78, 5) is 14.8. The Kier molecular flexibility index (Phi) is 5.58. The summed E-state index contributed by atoms with van der Waals surface area (Å²) in [5.41, 5.74) is 0.186. The van der Waals surface area contributed by atoms with E-state index in [4.69, 9.17) is 12.2 Å². The number of amides is 1. The van der Waals surface area contributed by atoms with Crippen molar-refractivity contribution in [1.29, 1.82) is 0 Å². The van der Waals surface area contributed by atoms with Gasteiger partial charge in [0, 0.05) is 10.0 Å². The molecule has 1 amide bonds. The maximum atomic E-state index is 13.9. The first-order chi connectivity index (χ1) is 12.3. The van der Waals surface area contributed by atoms with Crippen molar-refractivity contribution in [3.8, 4) is 0 Å². The molecule has 1 fully saturated rings. The van der Waals surface area contributed by atoms with Gasteiger partial charge >= 0.3 is 0 Å². The molecule has 1 saturated heterocycles. The minimum Gasteiger partial charge on any atom is -0.267 e. The highest BCUT2D eigenvalue weighted by atomic mass is 79.9. The minimum absolute atomic E-state index is 0.00364. The van der Waals surface area contributed by atoms with Gasteiger partial charge in [-0.1, -0.05) is 58.1 Å². The zero-order chi connectivity index (χ0) is 18.9. The number of hydrogen-bond acceptors (Lipinski definition) is 5. The molecular weight excluding hydrogens is 463 g/mol. The van der Waals surface area contributed by atoms with E-state index < -0.39 is 21.7 Å². The molecule has 0 aromatic heterocycles. The van der Waals surface area contributed by atoms with Gasteiger partial charge in [0.05, 0.1) is 9.80 Å². The summed E-state index contributed by atoms with van der Waals surface area (Å²) in [5, 5.41) is 0.768. The Hall–Kier alpha value is -1.59. The quantitative estimate of drug-likeness (QED) is 0.542. The maximum Gasteiger partial charge on any atom is 0.281 e. The number of thioether (sulfide) groups is 1. The summed E-state index contributed by atoms with van der Waals surface area (Å²) in [5.74, 6) is -1.18. The fraction of sp³-hybridized carbons (Fsp3) is 0. The monoisotopic (exact) mass is 472 g/mol. The predicted octanol–water partition coefficient (Wildman–Crippen LogP) is 3.68. The predicted molar refractivity (Wildman–Crippen MR) is 106 cm³/mol. The number of nitrogens with zero attached hydrogens (tertiary/aromatic N) is 1. The number of sulfonamides is 1. The number of benzene rings is 2. The Bertz CT molecular complexity index is 1030. The van der Waals surface area contributed by atoms with Crippen LogP contribution in [0.4, 0.5) is 4.39 Å². The Labute approximate surface area is 167 Å². The molecule has 1 aliphatic rings. The first-order valence-electron chi connectivity index (χ1n) is 7.08. The Morgan fingerprint density at radius 2 is 1.88 bits per heavy atom. The van der Waals surface area contributed by atoms with E-state index in [-0.39, 0.29) is 19.7 Å². The summed E-state index contributed by atoms with van der Waals surface area (Å²) in [7, 11) is -3.98. The second-order valence-corrected chi connectivity index (χ2v) is 9.34. The molecular formula is C16H10BrFN2O3S3. The van der Waals surface area contributed by atoms with Gasteiger partial charge in [-0.25, -0.2) is 17.8 Å². The second kappa shape index (κ2) is 7.57. The van der Waals surface area contributed by atoms with Gasteiger partial charge in [0.2, 0.25) is 0 Å². The van der Waals surface area contributed by atoms with Crippen molar-refractivity contribution in [2.45, 2.75) is 4.90 Å². The standard InChI is InChI=1S/C16H10BrFN2O3S3/c17-11-6-7-13(18)10(8-11)9-14-15(21)20(16(24)25-14)19-26(22,23)12-4-2-1-3-5-12/h1-9,19H/b14-9+. The average Bonchev–Trinajstić information content (AvgIpc) is 2.86. The molecule has 0 bridgehead atoms. The number of hydrogen-bond donors (Lipinski definition) is 1. The van der Waals surface area contributed by atoms with E-state index in [1.54, 1.807) is 18.2 Å². The molecule has 1 aliphatic heterocycles. The molecule has 134 valence electrons. The van der Waals surface area contributed by atoms with Crippen LogP contribution in [0.15, 0.2) is 62.8 Å². The molecule has 2 aromatic rings. The molecule has 0 unspecified atom stereocenters. The van der Waals surface area contributed by atoms with Crippen LogP contribution >= 0.6 is 39.9 Å². The molecule has 5 nitrogen and oxygen atoms in total. The van der Waals surface area contributed by atoms with Gasteiger partial charge < -0.3 is 0 Å². The number of carbonyl (C=O) groups excluding carboxylic acids is 1. The third-order valence-corrected chi connectivity index (χ3v) is 6.41. The first-order valence-corrected chi connectivity index (χ1v) is 10.6. The molecule has 0 saturated carbocycles. The summed E-state index contributed by atoms with van der Waals surface area (Å²) in [6, 6.07) is 11.9. The molecule has 1 N–H and O–H groups in total. The van der Waals surface area contributed by atoms with Gasteiger partial charge in [0.25, 0.3) is 15.9 Å². The van der Waals surface area contributed by atoms with E-state index in [0.717, 1.165) is 16.8 Å². The van der Waals surface area contributed by atoms with Crippen molar-refractivity contribution in [3.63, 3.8) is 0 Å². The van der Waals surface area contributed by atoms with E-state index in [0.29, 0.717) is 4.47 Å². The van der Waals surface area contributed by atoms with Gasteiger partial charge in [0.1, 0.15) is 5.82 Å². The van der Waals surface area contributed by atoms with Crippen LogP contribution in [0.25, 0.3) is 6.08 Å². The van der Waals surface area contributed by atoms with Crippen LogP contribution in [0, 0.1) is 5.82 Å². The van der Waals surface area contributed by atoms with Crippen molar-refractivity contribution >= 4 is 66.2 Å². The van der Waals surface area contributed by atoms with Crippen LogP contribution in [0.2, 0.25) is 0 Å². The van der Waals surface area contributed by atoms with Crippen LogP contribution in [-0.4, -0.2) is 23.7 Å². The van der Waals surface area contributed by atoms with Crippen molar-refractivity contribution in [2.24, 2.45) is 0 Å². The lowest BCUT2D eigenvalue weighted by Gasteiger charge is -2.15. The Balaban J connectivity index is 1.88. The number of hydrazine groups is 1. The Morgan fingerprint density at radius 1 is 1.19 bits per heavy atom. The lowest BCUT2D eigenvalue weighted by molar-refractivity contribution is -0.123. The van der Waals surface area contributed by atoms with Crippen LogP contribution in [0.3, 0.4) is 0 Å². The van der Waals surface area contributed by atoms with Crippen molar-refractivity contribution < 1.29 is 17.6 Å². The van der Waals surface area contributed by atoms with Crippen molar-refractivity contribution in [1.82, 2.24) is 9.84 Å². The average molecular weight is 473 g/mol. The summed E-state index contributed by atoms with van der Waals surface area (Å²) >= 11 is 9.21. The van der Waals surface area contributed by atoms with E-state index in [1.807, 2.05) is 0 Å². The van der Waals surface area contributed by atoms with E-state index in [9.17, 15) is 17.6 Å². The first kappa shape index (κ1) is 19.2. The minimum atomic E-state index is -3.98. The molecule has 0 aliphatic carbocycles. The molecule has 1 heterocycles. The third kappa shape index (κ3) is 4.04. The van der Waals surface area contributed by atoms with Crippen LogP contribution in [0.5, 0.6) is 0 Å². The highest BCUT2D eigenvalue weighted by Crippen LogP contribution is 2.32. The maximum absolute atomic E-state index is 13.9. The van der Waals surface area contributed by atoms with Gasteiger partial charge in [-0.3, -0.25) is 4.79 Å². The number of carbonyl (C=O) groups is 1. The number of nitrogens with one attached hydrogen (secondary N) is 1. The number of thiocarbonyl (C=S) groups is 1. The third-order valence-electron chi connectivity index (χ3n) is 3.30. The zero-order valence-electron chi connectivity index (χ0n) is 12.8. The van der Waals surface area contributed by atoms with Crippen LogP contribution < -0.4 is 4.83 Å². The van der Waals surface area contributed by atoms with Gasteiger partial charge in [0.15, 0.2) is 4.32 Å². The molecule has 0 atom stereocenters. The fourth-order valence-electron chi connectivity index (χ4n) is 2.09. The largest absolute Gasteiger partial charge is 0.281 e. The molecule has 2 aromatic carbocycles. The van der Waals surface area contributed by atoms with Gasteiger partial charge in [-0.05, 0) is 36.4 Å². The molecule has 26 heavy (non-hydrogen) atoms. The van der Waals surface area contributed by atoms with Crippen LogP contribution in [-0.2, 0) is 14.8 Å². The molecule has 3 rings (SSSR count). The zero-order valence-corrected chi connectivity index (χ0v) is 16.9. The highest BCUT2D eigenvalue weighted by molar-refractivity contribution is 9.10. The number of halogens is 2. The summed E-state index contributed by atoms with van der Waals surface area (Å²) in [6.45, 7) is 0. The number of rotatable bonds is 4. The summed E-state index contributed by atoms with van der Waals surface area (Å²) < 4.78 is 39.3. The van der Waals surface area contributed by atoms with E-state index in [2.05, 4.69) is 20.8 Å². The summed E-state index contributed by atoms with van der Waals surface area (Å²) in [6.07, 6.45) is 1.33. The fourth-order valence-corrected chi connectivity index (χ4v) is 4.79. The lowest BCUT2D eigenvalue weighted by Crippen LogP contribution is -2.44. The topological polar surface area (TPSA) is 66.5 Å². The molecule has 0 spiro atoms. The SMILES string of the molecule is O=C1/C(=C\c2cc(Br)ccc2F)SC(=S)N1NS(=O)(=O)c1ccccc1. The van der Waals surface area contributed by atoms with Gasteiger partial charge in [-0.15, -0.1) is 4.83 Å². The van der Waals surface area contributed by atoms with Gasteiger partial charge in [-0.2, -0.15) is 0 Å². The molecule has 0 radical (unpaired) electrons. The van der Waals surface area contributed by atoms with Crippen molar-refractivity contribution in [3.05, 3.63) is 69.3 Å². The Morgan fingerprint density at radius 3 is 2.58 bits per heavy atom. The lowest BCUT2D eigenvalue weighted by atomic mass is 10.2. The normalized spacial score (nSPS) is 16.5. The van der Waals surface area contributed by atoms with E-state index >= 15 is 0 Å². The molecule has 10 heteroatoms. The van der Waals surface area contributed by atoms with Crippen LogP contribution in [0.1, 0.15) is 5.56 Å². The smallest absolute Gasteiger partial charge is 0.267 e. The van der Waals surface area contributed by atoms with E-state index in [1.165, 1.54) is 36.4 Å². The van der Waals surface area contributed by atoms with Crippen molar-refractivity contribution in [2.75, 3.05) is 0 Å². The highest BCUT2D eigenvalue weighted by Gasteiger charge is 2.35. The second-order valence-electron chi connectivity index (χ2n) is 5.09.